The van der Waals surface area contributed by atoms with Gasteiger partial charge in [0.1, 0.15) is 24.5 Å². The third-order valence-corrected chi connectivity index (χ3v) is 6.31. The van der Waals surface area contributed by atoms with Gasteiger partial charge in [0.15, 0.2) is 11.5 Å². The summed E-state index contributed by atoms with van der Waals surface area (Å²) in [5, 5.41) is 2.24. The molecule has 3 aromatic carbocycles. The lowest BCUT2D eigenvalue weighted by atomic mass is 10.1. The van der Waals surface area contributed by atoms with E-state index in [4.69, 9.17) is 14.2 Å². The molecule has 0 spiro atoms. The molecule has 1 saturated heterocycles. The maximum atomic E-state index is 13.2. The average Bonchev–Trinajstić information content (AvgIpc) is 2.88. The zero-order chi connectivity index (χ0) is 27.2. The van der Waals surface area contributed by atoms with Crippen LogP contribution < -0.4 is 24.4 Å². The number of ether oxygens (including phenoxy) is 3. The Bertz CT molecular complexity index is 1400. The van der Waals surface area contributed by atoms with Gasteiger partial charge in [-0.25, -0.2) is 9.69 Å². The summed E-state index contributed by atoms with van der Waals surface area (Å²) in [5.41, 5.74) is 2.71. The fraction of sp³-hybridized carbons (Fsp3) is 0.207. The molecule has 3 aromatic rings. The van der Waals surface area contributed by atoms with Gasteiger partial charge in [-0.3, -0.25) is 14.9 Å². The van der Waals surface area contributed by atoms with Crippen LogP contribution in [0.4, 0.5) is 10.5 Å². The van der Waals surface area contributed by atoms with Crippen LogP contribution in [0.1, 0.15) is 23.6 Å². The number of carbonyl (C=O) groups is 3. The third kappa shape index (κ3) is 6.06. The van der Waals surface area contributed by atoms with Crippen molar-refractivity contribution < 1.29 is 28.6 Å². The van der Waals surface area contributed by atoms with Gasteiger partial charge in [-0.1, -0.05) is 35.9 Å². The van der Waals surface area contributed by atoms with E-state index >= 15 is 0 Å². The van der Waals surface area contributed by atoms with Crippen LogP contribution in [0.15, 0.2) is 70.7 Å². The topological polar surface area (TPSA) is 94.2 Å². The lowest BCUT2D eigenvalue weighted by Gasteiger charge is -2.26. The Morgan fingerprint density at radius 1 is 0.895 bits per heavy atom. The molecular formula is C29H27BrN2O6. The van der Waals surface area contributed by atoms with Crippen LogP contribution >= 0.6 is 15.9 Å². The highest BCUT2D eigenvalue weighted by Gasteiger charge is 2.36. The van der Waals surface area contributed by atoms with Crippen molar-refractivity contribution in [3.63, 3.8) is 0 Å². The highest BCUT2D eigenvalue weighted by atomic mass is 79.9. The number of imide groups is 2. The van der Waals surface area contributed by atoms with E-state index in [-0.39, 0.29) is 12.2 Å². The number of hydrogen-bond donors (Lipinski definition) is 1. The predicted octanol–water partition coefficient (Wildman–Crippen LogP) is 5.59. The van der Waals surface area contributed by atoms with Crippen LogP contribution in [-0.2, 0) is 9.59 Å². The molecule has 0 saturated carbocycles. The number of barbiturate groups is 1. The third-order valence-electron chi connectivity index (χ3n) is 5.72. The number of hydrogen-bond acceptors (Lipinski definition) is 6. The van der Waals surface area contributed by atoms with E-state index < -0.39 is 17.8 Å². The quantitative estimate of drug-likeness (QED) is 0.202. The van der Waals surface area contributed by atoms with Crippen LogP contribution in [-0.4, -0.2) is 37.7 Å². The first-order valence-electron chi connectivity index (χ1n) is 12.0. The molecular weight excluding hydrogens is 552 g/mol. The normalized spacial score (nSPS) is 14.5. The molecule has 1 N–H and O–H groups in total. The van der Waals surface area contributed by atoms with Gasteiger partial charge in [0, 0.05) is 0 Å². The summed E-state index contributed by atoms with van der Waals surface area (Å²) >= 11 is 3.51. The smallest absolute Gasteiger partial charge is 0.335 e. The van der Waals surface area contributed by atoms with Gasteiger partial charge in [-0.2, -0.15) is 0 Å². The first-order chi connectivity index (χ1) is 18.3. The van der Waals surface area contributed by atoms with Crippen LogP contribution in [0.2, 0.25) is 0 Å². The Morgan fingerprint density at radius 3 is 2.32 bits per heavy atom. The molecule has 1 aliphatic heterocycles. The lowest BCUT2D eigenvalue weighted by Crippen LogP contribution is -2.54. The Hall–Kier alpha value is -4.11. The largest absolute Gasteiger partial charge is 0.490 e. The van der Waals surface area contributed by atoms with Gasteiger partial charge in [0.25, 0.3) is 11.8 Å². The van der Waals surface area contributed by atoms with Gasteiger partial charge >= 0.3 is 6.03 Å². The molecule has 0 aromatic heterocycles. The van der Waals surface area contributed by atoms with E-state index in [9.17, 15) is 14.4 Å². The first kappa shape index (κ1) is 26.9. The Balaban J connectivity index is 1.55. The summed E-state index contributed by atoms with van der Waals surface area (Å²) < 4.78 is 18.1. The average molecular weight is 579 g/mol. The number of nitrogens with zero attached hydrogens (tertiary/aromatic N) is 1. The molecule has 0 bridgehead atoms. The number of aryl methyl sites for hydroxylation is 2. The SMILES string of the molecule is CCOc1cc(C=C2C(=O)NC(=O)N(c3ccc(C)cc3)C2=O)cc(Br)c1OCCOc1ccccc1C. The standard InChI is InChI=1S/C29H27BrN2O6/c1-4-36-25-17-20(16-23(30)26(25)38-14-13-37-24-8-6-5-7-19(24)3)15-22-27(33)31-29(35)32(28(22)34)21-11-9-18(2)10-12-21/h5-12,15-17H,4,13-14H2,1-3H3,(H,31,33,35). The number of rotatable bonds is 9. The maximum Gasteiger partial charge on any atom is 0.335 e. The van der Waals surface area contributed by atoms with E-state index in [1.54, 1.807) is 36.4 Å². The summed E-state index contributed by atoms with van der Waals surface area (Å²) in [4.78, 5) is 39.2. The van der Waals surface area contributed by atoms with Crippen molar-refractivity contribution in [3.8, 4) is 17.2 Å². The predicted molar refractivity (Wildman–Crippen MR) is 148 cm³/mol. The first-order valence-corrected chi connectivity index (χ1v) is 12.8. The molecule has 0 unspecified atom stereocenters. The molecule has 4 amide bonds. The second-order valence-corrected chi connectivity index (χ2v) is 9.37. The minimum absolute atomic E-state index is 0.181. The van der Waals surface area contributed by atoms with Crippen LogP contribution in [0.5, 0.6) is 17.2 Å². The monoisotopic (exact) mass is 578 g/mol. The molecule has 196 valence electrons. The van der Waals surface area contributed by atoms with E-state index in [0.29, 0.717) is 40.4 Å². The van der Waals surface area contributed by atoms with Crippen LogP contribution in [0, 0.1) is 13.8 Å². The Kier molecular flexibility index (Phi) is 8.48. The van der Waals surface area contributed by atoms with Crippen molar-refractivity contribution in [2.24, 2.45) is 0 Å². The van der Waals surface area contributed by atoms with Crippen molar-refractivity contribution in [1.82, 2.24) is 5.32 Å². The summed E-state index contributed by atoms with van der Waals surface area (Å²) in [6, 6.07) is 17.2. The number of carbonyl (C=O) groups excluding carboxylic acids is 3. The fourth-order valence-corrected chi connectivity index (χ4v) is 4.41. The maximum absolute atomic E-state index is 13.2. The minimum atomic E-state index is -0.797. The number of anilines is 1. The zero-order valence-electron chi connectivity index (χ0n) is 21.2. The molecule has 1 heterocycles. The van der Waals surface area contributed by atoms with E-state index in [1.807, 2.05) is 45.0 Å². The number of nitrogens with one attached hydrogen (secondary N) is 1. The van der Waals surface area contributed by atoms with Crippen molar-refractivity contribution in [2.45, 2.75) is 20.8 Å². The van der Waals surface area contributed by atoms with E-state index in [1.165, 1.54) is 6.08 Å². The van der Waals surface area contributed by atoms with Crippen molar-refractivity contribution in [2.75, 3.05) is 24.7 Å². The second-order valence-electron chi connectivity index (χ2n) is 8.52. The minimum Gasteiger partial charge on any atom is -0.490 e. The van der Waals surface area contributed by atoms with Gasteiger partial charge in [-0.05, 0) is 84.2 Å². The summed E-state index contributed by atoms with van der Waals surface area (Å²) in [5.74, 6) is 0.199. The summed E-state index contributed by atoms with van der Waals surface area (Å²) in [6.45, 7) is 6.68. The number of benzene rings is 3. The summed E-state index contributed by atoms with van der Waals surface area (Å²) in [6.07, 6.45) is 1.42. The number of para-hydroxylation sites is 1. The fourth-order valence-electron chi connectivity index (χ4n) is 3.84. The van der Waals surface area contributed by atoms with E-state index in [0.717, 1.165) is 21.8 Å². The molecule has 38 heavy (non-hydrogen) atoms. The molecule has 0 radical (unpaired) electrons. The molecule has 8 nitrogen and oxygen atoms in total. The zero-order valence-corrected chi connectivity index (χ0v) is 22.8. The molecule has 0 atom stereocenters. The molecule has 1 fully saturated rings. The lowest BCUT2D eigenvalue weighted by molar-refractivity contribution is -0.122. The number of halogens is 1. The highest BCUT2D eigenvalue weighted by Crippen LogP contribution is 2.38. The number of amides is 4. The summed E-state index contributed by atoms with van der Waals surface area (Å²) in [7, 11) is 0. The van der Waals surface area contributed by atoms with Crippen LogP contribution in [0.25, 0.3) is 6.08 Å². The Morgan fingerprint density at radius 2 is 1.61 bits per heavy atom. The Labute approximate surface area is 229 Å². The molecule has 4 rings (SSSR count). The van der Waals surface area contributed by atoms with Crippen molar-refractivity contribution in [1.29, 1.82) is 0 Å². The highest BCUT2D eigenvalue weighted by molar-refractivity contribution is 9.10. The second kappa shape index (κ2) is 12.0. The number of urea groups is 1. The van der Waals surface area contributed by atoms with Crippen molar-refractivity contribution >= 4 is 45.5 Å². The van der Waals surface area contributed by atoms with Crippen molar-refractivity contribution in [3.05, 3.63) is 87.4 Å². The molecule has 1 aliphatic rings. The van der Waals surface area contributed by atoms with Gasteiger partial charge in [-0.15, -0.1) is 0 Å². The molecule has 0 aliphatic carbocycles. The van der Waals surface area contributed by atoms with Gasteiger partial charge in [0.2, 0.25) is 0 Å². The van der Waals surface area contributed by atoms with Gasteiger partial charge in [0.05, 0.1) is 16.8 Å². The molecule has 9 heteroatoms. The van der Waals surface area contributed by atoms with Gasteiger partial charge < -0.3 is 14.2 Å². The van der Waals surface area contributed by atoms with Crippen LogP contribution in [0.3, 0.4) is 0 Å². The van der Waals surface area contributed by atoms with E-state index in [2.05, 4.69) is 21.2 Å².